The van der Waals surface area contributed by atoms with Crippen LogP contribution in [0.15, 0.2) is 64.8 Å². The molecule has 2 aromatic heterocycles. The highest BCUT2D eigenvalue weighted by atomic mass is 32.2. The Morgan fingerprint density at radius 2 is 1.71 bits per heavy atom. The Hall–Kier alpha value is -3.99. The quantitative estimate of drug-likeness (QED) is 0.383. The van der Waals surface area contributed by atoms with Crippen LogP contribution in [0.3, 0.4) is 0 Å². The Balaban J connectivity index is 1.56. The number of amides is 1. The van der Waals surface area contributed by atoms with Crippen LogP contribution in [-0.4, -0.2) is 51.7 Å². The SMILES string of the molecule is COc1cc(NC(=O)[C@@H](C)Sc2nnc3c(=O)n(-c4ccccc4OC)ccn23)cc(OC)c1. The Morgan fingerprint density at radius 1 is 1.00 bits per heavy atom. The fourth-order valence-corrected chi connectivity index (χ4v) is 4.13. The average molecular weight is 482 g/mol. The summed E-state index contributed by atoms with van der Waals surface area (Å²) >= 11 is 1.19. The Labute approximate surface area is 199 Å². The second-order valence-electron chi connectivity index (χ2n) is 7.17. The fraction of sp³-hybridized carbons (Fsp3) is 0.217. The molecule has 2 aromatic carbocycles. The van der Waals surface area contributed by atoms with Gasteiger partial charge in [-0.15, -0.1) is 10.2 Å². The standard InChI is InChI=1S/C23H23N5O5S/c1-14(21(29)24-15-11-16(31-2)13-17(12-15)32-3)34-23-26-25-20-22(30)27(9-10-28(20)23)18-7-5-6-8-19(18)33-4/h5-14H,1-4H3,(H,24,29)/t14-/m1/s1. The molecule has 0 spiro atoms. The third-order valence-corrected chi connectivity index (χ3v) is 6.11. The Bertz CT molecular complexity index is 1380. The summed E-state index contributed by atoms with van der Waals surface area (Å²) < 4.78 is 18.9. The van der Waals surface area contributed by atoms with Gasteiger partial charge in [0.2, 0.25) is 11.6 Å². The van der Waals surface area contributed by atoms with Crippen LogP contribution in [0, 0.1) is 0 Å². The molecule has 1 N–H and O–H groups in total. The zero-order valence-corrected chi connectivity index (χ0v) is 19.8. The number of thioether (sulfide) groups is 1. The maximum absolute atomic E-state index is 13.1. The summed E-state index contributed by atoms with van der Waals surface area (Å²) in [5.74, 6) is 1.43. The van der Waals surface area contributed by atoms with Crippen LogP contribution < -0.4 is 25.1 Å². The van der Waals surface area contributed by atoms with Crippen LogP contribution in [0.2, 0.25) is 0 Å². The van der Waals surface area contributed by atoms with Crippen molar-refractivity contribution in [3.8, 4) is 22.9 Å². The number of ether oxygens (including phenoxy) is 3. The van der Waals surface area contributed by atoms with E-state index in [2.05, 4.69) is 15.5 Å². The molecule has 4 aromatic rings. The highest BCUT2D eigenvalue weighted by Crippen LogP contribution is 2.28. The van der Waals surface area contributed by atoms with Crippen molar-refractivity contribution in [2.75, 3.05) is 26.6 Å². The minimum atomic E-state index is -0.527. The van der Waals surface area contributed by atoms with Crippen molar-refractivity contribution < 1.29 is 19.0 Å². The van der Waals surface area contributed by atoms with Gasteiger partial charge >= 0.3 is 5.56 Å². The topological polar surface area (TPSA) is 109 Å². The highest BCUT2D eigenvalue weighted by molar-refractivity contribution is 8.00. The normalized spacial score (nSPS) is 11.8. The summed E-state index contributed by atoms with van der Waals surface area (Å²) in [4.78, 5) is 25.9. The van der Waals surface area contributed by atoms with E-state index in [9.17, 15) is 9.59 Å². The maximum atomic E-state index is 13.1. The average Bonchev–Trinajstić information content (AvgIpc) is 3.27. The summed E-state index contributed by atoms with van der Waals surface area (Å²) in [5.41, 5.74) is 0.920. The predicted octanol–water partition coefficient (Wildman–Crippen LogP) is 3.03. The largest absolute Gasteiger partial charge is 0.497 e. The lowest BCUT2D eigenvalue weighted by Crippen LogP contribution is -2.23. The van der Waals surface area contributed by atoms with E-state index in [-0.39, 0.29) is 17.1 Å². The van der Waals surface area contributed by atoms with Crippen molar-refractivity contribution in [1.82, 2.24) is 19.2 Å². The van der Waals surface area contributed by atoms with E-state index in [1.54, 1.807) is 61.2 Å². The van der Waals surface area contributed by atoms with E-state index in [0.717, 1.165) is 0 Å². The molecule has 0 bridgehead atoms. The second kappa shape index (κ2) is 9.87. The van der Waals surface area contributed by atoms with Gasteiger partial charge < -0.3 is 19.5 Å². The summed E-state index contributed by atoms with van der Waals surface area (Å²) in [6, 6.07) is 12.3. The number of methoxy groups -OCH3 is 3. The lowest BCUT2D eigenvalue weighted by atomic mass is 10.2. The smallest absolute Gasteiger partial charge is 0.300 e. The third kappa shape index (κ3) is 4.55. The van der Waals surface area contributed by atoms with Gasteiger partial charge in [-0.25, -0.2) is 0 Å². The number of benzene rings is 2. The molecule has 11 heteroatoms. The van der Waals surface area contributed by atoms with E-state index in [4.69, 9.17) is 14.2 Å². The minimum absolute atomic E-state index is 0.140. The molecule has 0 saturated heterocycles. The lowest BCUT2D eigenvalue weighted by Gasteiger charge is -2.13. The number of carbonyl (C=O) groups is 1. The van der Waals surface area contributed by atoms with Crippen LogP contribution in [0.25, 0.3) is 11.3 Å². The van der Waals surface area contributed by atoms with Crippen molar-refractivity contribution in [2.45, 2.75) is 17.3 Å². The van der Waals surface area contributed by atoms with Crippen molar-refractivity contribution >= 4 is 29.0 Å². The first-order valence-electron chi connectivity index (χ1n) is 10.3. The summed E-state index contributed by atoms with van der Waals surface area (Å²) in [5, 5.41) is 10.9. The summed E-state index contributed by atoms with van der Waals surface area (Å²) in [6.45, 7) is 1.74. The van der Waals surface area contributed by atoms with Gasteiger partial charge in [0.05, 0.1) is 32.3 Å². The molecule has 0 aliphatic rings. The first kappa shape index (κ1) is 23.2. The number of carbonyl (C=O) groups excluding carboxylic acids is 1. The van der Waals surface area contributed by atoms with Gasteiger partial charge in [-0.05, 0) is 19.1 Å². The van der Waals surface area contributed by atoms with Crippen LogP contribution >= 0.6 is 11.8 Å². The number of nitrogens with one attached hydrogen (secondary N) is 1. The van der Waals surface area contributed by atoms with Gasteiger partial charge in [0.15, 0.2) is 5.16 Å². The van der Waals surface area contributed by atoms with Gasteiger partial charge in [0.25, 0.3) is 0 Å². The Kier molecular flexibility index (Phi) is 6.73. The monoisotopic (exact) mass is 481 g/mol. The number of fused-ring (bicyclic) bond motifs is 1. The molecule has 0 fully saturated rings. The molecular weight excluding hydrogens is 458 g/mol. The van der Waals surface area contributed by atoms with Crippen molar-refractivity contribution in [3.63, 3.8) is 0 Å². The number of rotatable bonds is 8. The number of aromatic nitrogens is 4. The molecule has 0 aliphatic carbocycles. The van der Waals surface area contributed by atoms with Crippen LogP contribution in [0.5, 0.6) is 17.2 Å². The van der Waals surface area contributed by atoms with Crippen molar-refractivity contribution in [2.24, 2.45) is 0 Å². The van der Waals surface area contributed by atoms with E-state index < -0.39 is 5.25 Å². The van der Waals surface area contributed by atoms with E-state index >= 15 is 0 Å². The zero-order valence-electron chi connectivity index (χ0n) is 19.0. The van der Waals surface area contributed by atoms with Gasteiger partial charge in [-0.3, -0.25) is 18.6 Å². The third-order valence-electron chi connectivity index (χ3n) is 5.05. The molecular formula is C23H23N5O5S. The molecule has 0 saturated carbocycles. The molecule has 0 radical (unpaired) electrons. The van der Waals surface area contributed by atoms with E-state index in [0.29, 0.717) is 33.8 Å². The van der Waals surface area contributed by atoms with E-state index in [1.165, 1.54) is 30.5 Å². The molecule has 0 unspecified atom stereocenters. The van der Waals surface area contributed by atoms with Crippen molar-refractivity contribution in [1.29, 1.82) is 0 Å². The van der Waals surface area contributed by atoms with Crippen LogP contribution in [-0.2, 0) is 4.79 Å². The van der Waals surface area contributed by atoms with Crippen LogP contribution in [0.1, 0.15) is 6.92 Å². The molecule has 1 amide bonds. The number of nitrogens with zero attached hydrogens (tertiary/aromatic N) is 4. The predicted molar refractivity (Wildman–Crippen MR) is 129 cm³/mol. The number of hydrogen-bond acceptors (Lipinski definition) is 8. The second-order valence-corrected chi connectivity index (χ2v) is 8.48. The van der Waals surface area contributed by atoms with Gasteiger partial charge in [0, 0.05) is 36.3 Å². The van der Waals surface area contributed by atoms with Crippen LogP contribution in [0.4, 0.5) is 5.69 Å². The maximum Gasteiger partial charge on any atom is 0.300 e. The zero-order chi connectivity index (χ0) is 24.2. The van der Waals surface area contributed by atoms with E-state index in [1.807, 2.05) is 12.1 Å². The number of para-hydroxylation sites is 2. The molecule has 34 heavy (non-hydrogen) atoms. The summed E-state index contributed by atoms with van der Waals surface area (Å²) in [6.07, 6.45) is 3.30. The van der Waals surface area contributed by atoms with Gasteiger partial charge in [-0.1, -0.05) is 23.9 Å². The number of anilines is 1. The first-order chi connectivity index (χ1) is 16.4. The molecule has 10 nitrogen and oxygen atoms in total. The Morgan fingerprint density at radius 3 is 2.38 bits per heavy atom. The highest BCUT2D eigenvalue weighted by Gasteiger charge is 2.20. The van der Waals surface area contributed by atoms with Crippen molar-refractivity contribution in [3.05, 3.63) is 65.2 Å². The molecule has 4 rings (SSSR count). The lowest BCUT2D eigenvalue weighted by molar-refractivity contribution is -0.115. The number of hydrogen-bond donors (Lipinski definition) is 1. The molecule has 1 atom stereocenters. The van der Waals surface area contributed by atoms with Gasteiger partial charge in [0.1, 0.15) is 17.2 Å². The minimum Gasteiger partial charge on any atom is -0.497 e. The summed E-state index contributed by atoms with van der Waals surface area (Å²) in [7, 11) is 4.62. The first-order valence-corrected chi connectivity index (χ1v) is 11.1. The van der Waals surface area contributed by atoms with Gasteiger partial charge in [-0.2, -0.15) is 0 Å². The fourth-order valence-electron chi connectivity index (χ4n) is 3.30. The molecule has 2 heterocycles. The molecule has 176 valence electrons. The molecule has 0 aliphatic heterocycles.